The normalized spacial score (nSPS) is 10.7. The fraction of sp³-hybridized carbons (Fsp3) is 0.286. The van der Waals surface area contributed by atoms with E-state index >= 15 is 0 Å². The number of pyridine rings is 4. The van der Waals surface area contributed by atoms with Crippen molar-refractivity contribution in [3.8, 4) is 44.5 Å². The third-order valence-electron chi connectivity index (χ3n) is 14.8. The highest BCUT2D eigenvalue weighted by atomic mass is 79.9. The summed E-state index contributed by atoms with van der Waals surface area (Å²) in [5, 5.41) is 0. The minimum Gasteiger partial charge on any atom is -1.00 e. The third kappa shape index (κ3) is 20.1. The predicted molar refractivity (Wildman–Crippen MR) is 305 cm³/mol. The van der Waals surface area contributed by atoms with Gasteiger partial charge in [0.05, 0.1) is 0 Å². The van der Waals surface area contributed by atoms with Crippen molar-refractivity contribution in [3.63, 3.8) is 0 Å². The van der Waals surface area contributed by atoms with Gasteiger partial charge in [-0.3, -0.25) is 0 Å². The Morgan fingerprint density at radius 2 is 0.410 bits per heavy atom. The first-order chi connectivity index (χ1) is 36.7. The molecular weight excluding hydrogens is 1220 g/mol. The van der Waals surface area contributed by atoms with E-state index in [1.165, 1.54) is 122 Å². The first kappa shape index (κ1) is 63.5. The molecule has 9 aromatic rings. The summed E-state index contributed by atoms with van der Waals surface area (Å²) in [6.45, 7) is 4.21. The Hall–Kier alpha value is -5.38. The number of nitrogens with zero attached hydrogens (tertiary/aromatic N) is 4. The number of unbranched alkanes of at least 4 members (excludes halogenated alkanes) is 8. The van der Waals surface area contributed by atoms with E-state index in [4.69, 9.17) is 0 Å². The second-order valence-corrected chi connectivity index (χ2v) is 20.4. The standard InChI is InChI=1S/C70H78N4.4BrH/c1-9-29-59(30-10-1)67-41-25-49-71(55-67)45-21-5-17-37-63-53-65(39-19-7-23-47-73-51-27-43-69(57-73)61-33-13-3-14-34-61)66(40-20-8-24-48-74-52-28-44-70(58-74)62-35-15-4-16-36-62)54-64(63)38-18-6-22-46-72-50-26-42-68(56-72)60-31-11-2-12-32-60;;;;/h1-4,9-16,25-36,41-44,49-58H,5-8,17-24,37-40,45-48H2;4*1H/q+4;;;;/p-4. The summed E-state index contributed by atoms with van der Waals surface area (Å²) in [5.41, 5.74) is 16.7. The summed E-state index contributed by atoms with van der Waals surface area (Å²) in [6.07, 6.45) is 37.4. The van der Waals surface area contributed by atoms with E-state index in [1.54, 1.807) is 22.3 Å². The molecule has 0 unspecified atom stereocenters. The molecule has 0 spiro atoms. The van der Waals surface area contributed by atoms with Crippen molar-refractivity contribution >= 4 is 0 Å². The minimum absolute atomic E-state index is 0. The van der Waals surface area contributed by atoms with Gasteiger partial charge in [0.25, 0.3) is 0 Å². The number of halogens is 4. The lowest BCUT2D eigenvalue weighted by Gasteiger charge is -2.17. The van der Waals surface area contributed by atoms with Crippen LogP contribution in [0.3, 0.4) is 0 Å². The number of benzene rings is 5. The molecule has 0 fully saturated rings. The molecule has 0 N–H and O–H groups in total. The van der Waals surface area contributed by atoms with Crippen molar-refractivity contribution in [2.45, 2.75) is 129 Å². The second kappa shape index (κ2) is 35.3. The molecule has 406 valence electrons. The molecule has 4 nitrogen and oxygen atoms in total. The van der Waals surface area contributed by atoms with Crippen LogP contribution in [0.4, 0.5) is 0 Å². The number of aryl methyl sites for hydroxylation is 8. The molecule has 4 heterocycles. The van der Waals surface area contributed by atoms with Crippen molar-refractivity contribution in [2.75, 3.05) is 0 Å². The Labute approximate surface area is 509 Å². The number of aromatic nitrogens is 4. The average molecular weight is 1300 g/mol. The van der Waals surface area contributed by atoms with E-state index in [9.17, 15) is 0 Å². The molecule has 0 aliphatic carbocycles. The highest BCUT2D eigenvalue weighted by Gasteiger charge is 2.14. The van der Waals surface area contributed by atoms with Gasteiger partial charge in [-0.2, -0.15) is 0 Å². The van der Waals surface area contributed by atoms with Crippen LogP contribution in [0, 0.1) is 0 Å². The van der Waals surface area contributed by atoms with Crippen LogP contribution in [-0.4, -0.2) is 0 Å². The van der Waals surface area contributed by atoms with Gasteiger partial charge in [-0.25, -0.2) is 18.3 Å². The Morgan fingerprint density at radius 3 is 0.628 bits per heavy atom. The average Bonchev–Trinajstić information content (AvgIpc) is 3.46. The number of hydrogen-bond acceptors (Lipinski definition) is 0. The van der Waals surface area contributed by atoms with E-state index in [0.29, 0.717) is 0 Å². The topological polar surface area (TPSA) is 15.5 Å². The van der Waals surface area contributed by atoms with Gasteiger partial charge in [-0.15, -0.1) is 0 Å². The number of rotatable bonds is 28. The summed E-state index contributed by atoms with van der Waals surface area (Å²) in [5.74, 6) is 0. The summed E-state index contributed by atoms with van der Waals surface area (Å²) >= 11 is 0. The van der Waals surface area contributed by atoms with Crippen LogP contribution in [0.5, 0.6) is 0 Å². The molecular formula is C70H78Br4N4. The van der Waals surface area contributed by atoms with Gasteiger partial charge in [-0.05, 0) is 146 Å². The molecule has 4 aromatic heterocycles. The molecule has 78 heavy (non-hydrogen) atoms. The summed E-state index contributed by atoms with van der Waals surface area (Å²) in [6, 6.07) is 66.2. The molecule has 0 bridgehead atoms. The summed E-state index contributed by atoms with van der Waals surface area (Å²) < 4.78 is 9.54. The summed E-state index contributed by atoms with van der Waals surface area (Å²) in [7, 11) is 0. The Morgan fingerprint density at radius 1 is 0.205 bits per heavy atom. The van der Waals surface area contributed by atoms with Crippen molar-refractivity contribution in [1.82, 2.24) is 0 Å². The SMILES string of the molecule is [Br-].[Br-].[Br-].[Br-].c1ccc(-c2ccc[n+](CCCCCc3cc(CCCCC[n+]4cccc(-c5ccccc5)c4)c(CCCCC[n+]4cccc(-c5ccccc5)c4)cc3CCCCC[n+]3cccc(-c4ccccc4)c3)c2)cc1. The fourth-order valence-corrected chi connectivity index (χ4v) is 10.7. The first-order valence-electron chi connectivity index (χ1n) is 28.0. The molecule has 0 amide bonds. The van der Waals surface area contributed by atoms with Crippen LogP contribution in [0.15, 0.2) is 232 Å². The quantitative estimate of drug-likeness (QED) is 0.0530. The van der Waals surface area contributed by atoms with E-state index in [1.807, 2.05) is 0 Å². The van der Waals surface area contributed by atoms with E-state index in [2.05, 4.69) is 250 Å². The van der Waals surface area contributed by atoms with Crippen molar-refractivity contribution in [2.24, 2.45) is 0 Å². The molecule has 5 aromatic carbocycles. The van der Waals surface area contributed by atoms with Crippen LogP contribution in [0.1, 0.15) is 99.3 Å². The van der Waals surface area contributed by atoms with Crippen LogP contribution >= 0.6 is 0 Å². The zero-order chi connectivity index (χ0) is 50.2. The minimum atomic E-state index is 0. The molecule has 8 heteroatoms. The largest absolute Gasteiger partial charge is 1.00 e. The van der Waals surface area contributed by atoms with Crippen molar-refractivity contribution < 1.29 is 86.2 Å². The molecule has 0 radical (unpaired) electrons. The van der Waals surface area contributed by atoms with Crippen LogP contribution in [0.2, 0.25) is 0 Å². The van der Waals surface area contributed by atoms with Gasteiger partial charge in [0.2, 0.25) is 0 Å². The molecule has 0 atom stereocenters. The first-order valence-corrected chi connectivity index (χ1v) is 28.0. The Balaban J connectivity index is 0.00000280. The molecule has 0 aliphatic rings. The highest BCUT2D eigenvalue weighted by molar-refractivity contribution is 5.63. The lowest BCUT2D eigenvalue weighted by molar-refractivity contribution is -0.697. The van der Waals surface area contributed by atoms with E-state index in [0.717, 1.165) is 51.9 Å². The lowest BCUT2D eigenvalue weighted by Crippen LogP contribution is -3.00. The second-order valence-electron chi connectivity index (χ2n) is 20.4. The summed E-state index contributed by atoms with van der Waals surface area (Å²) in [4.78, 5) is 0. The van der Waals surface area contributed by atoms with Gasteiger partial charge in [0.1, 0.15) is 26.2 Å². The van der Waals surface area contributed by atoms with Crippen molar-refractivity contribution in [1.29, 1.82) is 0 Å². The molecule has 9 rings (SSSR count). The molecule has 0 aliphatic heterocycles. The maximum absolute atomic E-state index is 2.69. The predicted octanol–water partition coefficient (Wildman–Crippen LogP) is 3.17. The van der Waals surface area contributed by atoms with E-state index in [-0.39, 0.29) is 67.9 Å². The van der Waals surface area contributed by atoms with Gasteiger partial charge in [0.15, 0.2) is 49.6 Å². The van der Waals surface area contributed by atoms with Crippen LogP contribution < -0.4 is 86.2 Å². The third-order valence-corrected chi connectivity index (χ3v) is 14.8. The van der Waals surface area contributed by atoms with Crippen LogP contribution in [0.25, 0.3) is 44.5 Å². The highest BCUT2D eigenvalue weighted by Crippen LogP contribution is 2.26. The van der Waals surface area contributed by atoms with E-state index < -0.39 is 0 Å². The zero-order valence-electron chi connectivity index (χ0n) is 45.4. The molecule has 0 saturated heterocycles. The lowest BCUT2D eigenvalue weighted by atomic mass is 9.88. The van der Waals surface area contributed by atoms with Gasteiger partial charge in [-0.1, -0.05) is 133 Å². The van der Waals surface area contributed by atoms with Crippen LogP contribution in [-0.2, 0) is 51.9 Å². The number of hydrogen-bond donors (Lipinski definition) is 0. The smallest absolute Gasteiger partial charge is 0.176 e. The maximum Gasteiger partial charge on any atom is 0.176 e. The maximum atomic E-state index is 2.69. The van der Waals surface area contributed by atoms with Crippen molar-refractivity contribution in [3.05, 3.63) is 254 Å². The Bertz CT molecular complexity index is 2670. The Kier molecular flexibility index (Phi) is 28.7. The monoisotopic (exact) mass is 1290 g/mol. The molecule has 0 saturated carbocycles. The van der Waals surface area contributed by atoms with Gasteiger partial charge >= 0.3 is 0 Å². The zero-order valence-corrected chi connectivity index (χ0v) is 51.7. The van der Waals surface area contributed by atoms with Gasteiger partial charge in [0, 0.05) is 72.2 Å². The fourth-order valence-electron chi connectivity index (χ4n) is 10.7. The van der Waals surface area contributed by atoms with Gasteiger partial charge < -0.3 is 67.9 Å².